The van der Waals surface area contributed by atoms with E-state index in [1.54, 1.807) is 62.4 Å². The summed E-state index contributed by atoms with van der Waals surface area (Å²) in [6.07, 6.45) is -4.46. The fraction of sp³-hybridized carbons (Fsp3) is 0.290. The molecule has 1 heterocycles. The Morgan fingerprint density at radius 1 is 0.905 bits per heavy atom. The summed E-state index contributed by atoms with van der Waals surface area (Å²) in [5.74, 6) is -1.22. The standard InChI is InChI=1S/C31H30F3N3O5/c1-19(2)27(35)29(40)42-18-26(38)22-12-10-21(11-13-22)17-37-25-9-4-3-8-24(25)28(39)36(30(37)41)15-14-20-6-5-7-23(16-20)31(32,33)34/h3-13,16,19,27H,14-15,17-18,35H2,1-2H3. The number of benzene rings is 3. The van der Waals surface area contributed by atoms with E-state index in [-0.39, 0.29) is 30.8 Å². The zero-order valence-electron chi connectivity index (χ0n) is 23.1. The zero-order chi connectivity index (χ0) is 30.6. The lowest BCUT2D eigenvalue weighted by atomic mass is 10.1. The van der Waals surface area contributed by atoms with Gasteiger partial charge in [0.25, 0.3) is 5.56 Å². The monoisotopic (exact) mass is 581 g/mol. The Hall–Kier alpha value is -4.51. The summed E-state index contributed by atoms with van der Waals surface area (Å²) in [6.45, 7) is 3.03. The van der Waals surface area contributed by atoms with Gasteiger partial charge in [0.1, 0.15) is 6.04 Å². The molecule has 42 heavy (non-hydrogen) atoms. The number of nitrogens with zero attached hydrogens (tertiary/aromatic N) is 2. The van der Waals surface area contributed by atoms with Crippen molar-refractivity contribution in [2.45, 2.75) is 45.6 Å². The van der Waals surface area contributed by atoms with Gasteiger partial charge in [0.05, 0.1) is 23.0 Å². The molecule has 0 bridgehead atoms. The lowest BCUT2D eigenvalue weighted by molar-refractivity contribution is -0.145. The molecule has 0 radical (unpaired) electrons. The molecule has 0 aliphatic carbocycles. The Labute approximate surface area is 239 Å². The van der Waals surface area contributed by atoms with Crippen LogP contribution in [0, 0.1) is 5.92 Å². The van der Waals surface area contributed by atoms with Crippen molar-refractivity contribution < 1.29 is 27.5 Å². The number of nitrogens with two attached hydrogens (primary N) is 1. The lowest BCUT2D eigenvalue weighted by Gasteiger charge is -2.15. The van der Waals surface area contributed by atoms with E-state index in [1.165, 1.54) is 16.7 Å². The average molecular weight is 582 g/mol. The summed E-state index contributed by atoms with van der Waals surface area (Å²) in [7, 11) is 0. The van der Waals surface area contributed by atoms with Crippen molar-refractivity contribution in [3.63, 3.8) is 0 Å². The van der Waals surface area contributed by atoms with E-state index in [1.807, 2.05) is 0 Å². The summed E-state index contributed by atoms with van der Waals surface area (Å²) in [5.41, 5.74) is 5.49. The molecule has 0 spiro atoms. The summed E-state index contributed by atoms with van der Waals surface area (Å²) in [6, 6.07) is 16.9. The van der Waals surface area contributed by atoms with Crippen molar-refractivity contribution in [3.05, 3.63) is 116 Å². The number of ether oxygens (including phenoxy) is 1. The lowest BCUT2D eigenvalue weighted by Crippen LogP contribution is -2.40. The van der Waals surface area contributed by atoms with Crippen LogP contribution in [0.2, 0.25) is 0 Å². The molecule has 0 amide bonds. The number of para-hydroxylation sites is 1. The third-order valence-electron chi connectivity index (χ3n) is 6.96. The van der Waals surface area contributed by atoms with Crippen molar-refractivity contribution in [1.29, 1.82) is 0 Å². The highest BCUT2D eigenvalue weighted by atomic mass is 19.4. The molecule has 1 aromatic heterocycles. The second-order valence-electron chi connectivity index (χ2n) is 10.3. The maximum Gasteiger partial charge on any atom is 0.416 e. The van der Waals surface area contributed by atoms with Crippen LogP contribution in [-0.4, -0.2) is 33.5 Å². The zero-order valence-corrected chi connectivity index (χ0v) is 23.1. The molecule has 8 nitrogen and oxygen atoms in total. The van der Waals surface area contributed by atoms with Crippen LogP contribution in [0.1, 0.15) is 40.9 Å². The summed E-state index contributed by atoms with van der Waals surface area (Å²) >= 11 is 0. The molecule has 1 atom stereocenters. The van der Waals surface area contributed by atoms with Crippen LogP contribution in [0.3, 0.4) is 0 Å². The van der Waals surface area contributed by atoms with E-state index in [0.717, 1.165) is 16.7 Å². The van der Waals surface area contributed by atoms with E-state index in [4.69, 9.17) is 10.5 Å². The Morgan fingerprint density at radius 3 is 2.26 bits per heavy atom. The highest BCUT2D eigenvalue weighted by Crippen LogP contribution is 2.29. The average Bonchev–Trinajstić information content (AvgIpc) is 2.97. The van der Waals surface area contributed by atoms with Gasteiger partial charge in [-0.3, -0.25) is 23.5 Å². The molecule has 1 unspecified atom stereocenters. The van der Waals surface area contributed by atoms with E-state index < -0.39 is 47.4 Å². The van der Waals surface area contributed by atoms with Crippen molar-refractivity contribution in [2.75, 3.05) is 6.61 Å². The molecule has 220 valence electrons. The van der Waals surface area contributed by atoms with Crippen molar-refractivity contribution in [1.82, 2.24) is 9.13 Å². The van der Waals surface area contributed by atoms with Gasteiger partial charge < -0.3 is 10.5 Å². The highest BCUT2D eigenvalue weighted by Gasteiger charge is 2.30. The van der Waals surface area contributed by atoms with Crippen molar-refractivity contribution in [3.8, 4) is 0 Å². The maximum atomic E-state index is 13.5. The SMILES string of the molecule is CC(C)C(N)C(=O)OCC(=O)c1ccc(Cn2c(=O)n(CCc3cccc(C(F)(F)F)c3)c(=O)c3ccccc32)cc1. The minimum Gasteiger partial charge on any atom is -0.456 e. The highest BCUT2D eigenvalue weighted by molar-refractivity contribution is 5.98. The molecule has 4 rings (SSSR count). The second kappa shape index (κ2) is 12.6. The smallest absolute Gasteiger partial charge is 0.416 e. The number of hydrogen-bond donors (Lipinski definition) is 1. The Balaban J connectivity index is 1.57. The number of esters is 1. The largest absolute Gasteiger partial charge is 0.456 e. The van der Waals surface area contributed by atoms with E-state index in [2.05, 4.69) is 0 Å². The van der Waals surface area contributed by atoms with E-state index in [0.29, 0.717) is 22.2 Å². The molecular weight excluding hydrogens is 551 g/mol. The van der Waals surface area contributed by atoms with Gasteiger partial charge in [0, 0.05) is 12.1 Å². The number of fused-ring (bicyclic) bond motifs is 1. The molecule has 0 saturated carbocycles. The van der Waals surface area contributed by atoms with Crippen molar-refractivity contribution in [2.24, 2.45) is 11.7 Å². The fourth-order valence-electron chi connectivity index (χ4n) is 4.43. The Bertz CT molecular complexity index is 1720. The van der Waals surface area contributed by atoms with Gasteiger partial charge in [0.2, 0.25) is 0 Å². The summed E-state index contributed by atoms with van der Waals surface area (Å²) < 4.78 is 46.9. The fourth-order valence-corrected chi connectivity index (χ4v) is 4.43. The van der Waals surface area contributed by atoms with Gasteiger partial charge in [-0.2, -0.15) is 13.2 Å². The molecule has 11 heteroatoms. The molecule has 0 aliphatic heterocycles. The molecule has 0 saturated heterocycles. The van der Waals surface area contributed by atoms with Crippen molar-refractivity contribution >= 4 is 22.7 Å². The number of ketones is 1. The first-order valence-corrected chi connectivity index (χ1v) is 13.3. The third-order valence-corrected chi connectivity index (χ3v) is 6.96. The number of rotatable bonds is 10. The van der Waals surface area contributed by atoms with Gasteiger partial charge in [0.15, 0.2) is 12.4 Å². The van der Waals surface area contributed by atoms with Gasteiger partial charge in [-0.15, -0.1) is 0 Å². The van der Waals surface area contributed by atoms with Crippen LogP contribution < -0.4 is 17.0 Å². The number of hydrogen-bond acceptors (Lipinski definition) is 6. The number of carbonyl (C=O) groups excluding carboxylic acids is 2. The molecule has 0 fully saturated rings. The molecule has 4 aromatic rings. The second-order valence-corrected chi connectivity index (χ2v) is 10.3. The molecular formula is C31H30F3N3O5. The number of aromatic nitrogens is 2. The maximum absolute atomic E-state index is 13.5. The number of carbonyl (C=O) groups is 2. The van der Waals surface area contributed by atoms with Crippen LogP contribution >= 0.6 is 0 Å². The number of Topliss-reactive ketones (excluding diaryl/α,β-unsaturated/α-hetero) is 1. The van der Waals surface area contributed by atoms with Gasteiger partial charge in [-0.25, -0.2) is 4.79 Å². The molecule has 2 N–H and O–H groups in total. The molecule has 3 aromatic carbocycles. The number of alkyl halides is 3. The predicted molar refractivity (Wildman–Crippen MR) is 151 cm³/mol. The molecule has 0 aliphatic rings. The quantitative estimate of drug-likeness (QED) is 0.222. The minimum absolute atomic E-state index is 0.0425. The van der Waals surface area contributed by atoms with Gasteiger partial charge in [-0.1, -0.05) is 68.4 Å². The number of aryl methyl sites for hydroxylation is 1. The van der Waals surface area contributed by atoms with E-state index >= 15 is 0 Å². The topological polar surface area (TPSA) is 113 Å². The van der Waals surface area contributed by atoms with Gasteiger partial charge in [-0.05, 0) is 41.7 Å². The number of halogens is 3. The van der Waals surface area contributed by atoms with Crippen LogP contribution in [0.4, 0.5) is 13.2 Å². The normalized spacial score (nSPS) is 12.5. The summed E-state index contributed by atoms with van der Waals surface area (Å²) in [5, 5.41) is 0.286. The summed E-state index contributed by atoms with van der Waals surface area (Å²) in [4.78, 5) is 51.2. The van der Waals surface area contributed by atoms with Crippen LogP contribution in [0.25, 0.3) is 10.9 Å². The first-order chi connectivity index (χ1) is 19.9. The van der Waals surface area contributed by atoms with E-state index in [9.17, 15) is 32.3 Å². The van der Waals surface area contributed by atoms with Crippen LogP contribution in [0.15, 0.2) is 82.4 Å². The predicted octanol–water partition coefficient (Wildman–Crippen LogP) is 4.18. The Morgan fingerprint density at radius 2 is 1.60 bits per heavy atom. The minimum atomic E-state index is -4.51. The first kappa shape index (κ1) is 30.4. The van der Waals surface area contributed by atoms with Gasteiger partial charge >= 0.3 is 17.8 Å². The third kappa shape index (κ3) is 6.85. The first-order valence-electron chi connectivity index (χ1n) is 13.3. The Kier molecular flexibility index (Phi) is 9.11. The van der Waals surface area contributed by atoms with Crippen LogP contribution in [-0.2, 0) is 35.2 Å². The van der Waals surface area contributed by atoms with Crippen LogP contribution in [0.5, 0.6) is 0 Å².